The Morgan fingerprint density at radius 1 is 1.06 bits per heavy atom. The van der Waals surface area contributed by atoms with E-state index >= 15 is 0 Å². The van der Waals surface area contributed by atoms with Crippen LogP contribution in [0.25, 0.3) is 15.9 Å². The summed E-state index contributed by atoms with van der Waals surface area (Å²) >= 11 is 1.38. The summed E-state index contributed by atoms with van der Waals surface area (Å²) in [7, 11) is 0. The van der Waals surface area contributed by atoms with Crippen LogP contribution >= 0.6 is 11.3 Å². The molecule has 1 aromatic carbocycles. The topological polar surface area (TPSA) is 54.9 Å². The quantitative estimate of drug-likeness (QED) is 0.709. The molecule has 0 aliphatic carbocycles. The number of aromatic amines is 1. The van der Waals surface area contributed by atoms with E-state index in [1.807, 2.05) is 30.3 Å². The van der Waals surface area contributed by atoms with Gasteiger partial charge in [0.1, 0.15) is 4.83 Å². The van der Waals surface area contributed by atoms with Crippen LogP contribution < -0.4 is 11.2 Å². The van der Waals surface area contributed by atoms with Crippen LogP contribution in [0.3, 0.4) is 0 Å². The summed E-state index contributed by atoms with van der Waals surface area (Å²) in [5.74, 6) is 0. The normalized spacial score (nSPS) is 10.8. The Morgan fingerprint density at radius 2 is 1.82 bits per heavy atom. The van der Waals surface area contributed by atoms with E-state index in [1.165, 1.54) is 15.9 Å². The number of fused-ring (bicyclic) bond motifs is 1. The van der Waals surface area contributed by atoms with Gasteiger partial charge in [0.05, 0.1) is 11.1 Å². The van der Waals surface area contributed by atoms with Crippen molar-refractivity contribution < 1.29 is 0 Å². The largest absolute Gasteiger partial charge is 0.334 e. The second-order valence-corrected chi connectivity index (χ2v) is 4.46. The molecule has 3 aromatic rings. The third-order valence-corrected chi connectivity index (χ3v) is 3.43. The zero-order valence-corrected chi connectivity index (χ0v) is 9.53. The molecule has 0 amide bonds. The molecule has 17 heavy (non-hydrogen) atoms. The molecule has 0 aliphatic rings. The third kappa shape index (κ3) is 1.52. The molecule has 4 nitrogen and oxygen atoms in total. The fourth-order valence-corrected chi connectivity index (χ4v) is 2.69. The van der Waals surface area contributed by atoms with Crippen LogP contribution in [0.15, 0.2) is 51.4 Å². The highest BCUT2D eigenvalue weighted by atomic mass is 32.1. The molecular formula is C12H8N2O2S. The lowest BCUT2D eigenvalue weighted by Gasteiger charge is -2.05. The predicted octanol–water partition coefficient (Wildman–Crippen LogP) is 1.74. The minimum atomic E-state index is -0.406. The van der Waals surface area contributed by atoms with Crippen molar-refractivity contribution in [1.29, 1.82) is 0 Å². The number of para-hydroxylation sites is 1. The maximum absolute atomic E-state index is 11.9. The van der Waals surface area contributed by atoms with Gasteiger partial charge in [-0.25, -0.2) is 4.79 Å². The van der Waals surface area contributed by atoms with Gasteiger partial charge in [0.25, 0.3) is 5.56 Å². The lowest BCUT2D eigenvalue weighted by molar-refractivity contribution is 0.951. The first kappa shape index (κ1) is 10.0. The second kappa shape index (κ2) is 3.71. The van der Waals surface area contributed by atoms with E-state index in [2.05, 4.69) is 4.98 Å². The Morgan fingerprint density at radius 3 is 2.59 bits per heavy atom. The van der Waals surface area contributed by atoms with Crippen LogP contribution in [0.4, 0.5) is 0 Å². The van der Waals surface area contributed by atoms with E-state index in [4.69, 9.17) is 0 Å². The van der Waals surface area contributed by atoms with Gasteiger partial charge in [-0.2, -0.15) is 0 Å². The lowest BCUT2D eigenvalue weighted by atomic mass is 10.3. The number of hydrogen-bond acceptors (Lipinski definition) is 3. The van der Waals surface area contributed by atoms with E-state index in [0.29, 0.717) is 10.2 Å². The first-order valence-corrected chi connectivity index (χ1v) is 5.93. The van der Waals surface area contributed by atoms with Crippen molar-refractivity contribution >= 4 is 21.6 Å². The minimum absolute atomic E-state index is 0.335. The van der Waals surface area contributed by atoms with Gasteiger partial charge < -0.3 is 0 Å². The van der Waals surface area contributed by atoms with Crippen molar-refractivity contribution in [2.45, 2.75) is 0 Å². The molecular weight excluding hydrogens is 236 g/mol. The summed E-state index contributed by atoms with van der Waals surface area (Å²) < 4.78 is 1.52. The van der Waals surface area contributed by atoms with Gasteiger partial charge in [0.2, 0.25) is 0 Å². The molecule has 0 aliphatic heterocycles. The third-order valence-electron chi connectivity index (χ3n) is 2.53. The van der Waals surface area contributed by atoms with E-state index in [-0.39, 0.29) is 5.56 Å². The molecule has 0 atom stereocenters. The number of hydrogen-bond donors (Lipinski definition) is 1. The van der Waals surface area contributed by atoms with Crippen molar-refractivity contribution in [3.63, 3.8) is 0 Å². The Hall–Kier alpha value is -2.14. The summed E-state index contributed by atoms with van der Waals surface area (Å²) in [5, 5.41) is 2.34. The first-order chi connectivity index (χ1) is 8.27. The van der Waals surface area contributed by atoms with Crippen molar-refractivity contribution in [2.75, 3.05) is 0 Å². The molecule has 1 N–H and O–H groups in total. The molecule has 2 heterocycles. The maximum atomic E-state index is 11.9. The Balaban J connectivity index is 2.49. The molecule has 0 unspecified atom stereocenters. The number of aromatic nitrogens is 2. The summed E-state index contributed by atoms with van der Waals surface area (Å²) in [6, 6.07) is 11.0. The molecule has 5 heteroatoms. The minimum Gasteiger partial charge on any atom is -0.273 e. The maximum Gasteiger partial charge on any atom is 0.334 e. The Kier molecular flexibility index (Phi) is 2.19. The summed E-state index contributed by atoms with van der Waals surface area (Å²) in [4.78, 5) is 26.4. The Bertz CT molecular complexity index is 783. The number of rotatable bonds is 1. The molecule has 0 fully saturated rings. The van der Waals surface area contributed by atoms with Crippen molar-refractivity contribution in [3.05, 3.63) is 62.6 Å². The monoisotopic (exact) mass is 244 g/mol. The molecule has 0 spiro atoms. The fraction of sp³-hybridized carbons (Fsp3) is 0. The van der Waals surface area contributed by atoms with Crippen molar-refractivity contribution in [2.24, 2.45) is 0 Å². The highest BCUT2D eigenvalue weighted by Gasteiger charge is 2.09. The van der Waals surface area contributed by atoms with Crippen molar-refractivity contribution in [1.82, 2.24) is 9.55 Å². The smallest absolute Gasteiger partial charge is 0.273 e. The summed E-state index contributed by atoms with van der Waals surface area (Å²) in [5.41, 5.74) is 0.00998. The molecule has 3 rings (SSSR count). The highest BCUT2D eigenvalue weighted by Crippen LogP contribution is 2.18. The number of thiophene rings is 1. The van der Waals surface area contributed by atoms with Crippen LogP contribution in [0.5, 0.6) is 0 Å². The molecule has 0 bridgehead atoms. The van der Waals surface area contributed by atoms with Gasteiger partial charge in [-0.1, -0.05) is 18.2 Å². The van der Waals surface area contributed by atoms with Crippen LogP contribution in [-0.2, 0) is 0 Å². The van der Waals surface area contributed by atoms with E-state index in [1.54, 1.807) is 11.4 Å². The summed E-state index contributed by atoms with van der Waals surface area (Å²) in [6.07, 6.45) is 0. The predicted molar refractivity (Wildman–Crippen MR) is 68.0 cm³/mol. The number of benzene rings is 1. The summed E-state index contributed by atoms with van der Waals surface area (Å²) in [6.45, 7) is 0. The van der Waals surface area contributed by atoms with Crippen LogP contribution in [0.2, 0.25) is 0 Å². The highest BCUT2D eigenvalue weighted by molar-refractivity contribution is 7.16. The molecule has 0 saturated heterocycles. The zero-order valence-electron chi connectivity index (χ0n) is 8.71. The van der Waals surface area contributed by atoms with Gasteiger partial charge in [-0.05, 0) is 23.6 Å². The fourth-order valence-electron chi connectivity index (χ4n) is 1.77. The van der Waals surface area contributed by atoms with E-state index in [0.717, 1.165) is 5.69 Å². The average Bonchev–Trinajstić information content (AvgIpc) is 2.79. The van der Waals surface area contributed by atoms with Gasteiger partial charge >= 0.3 is 5.69 Å². The molecule has 2 aromatic heterocycles. The number of nitrogens with zero attached hydrogens (tertiary/aromatic N) is 1. The van der Waals surface area contributed by atoms with Crippen LogP contribution in [0, 0.1) is 0 Å². The van der Waals surface area contributed by atoms with Gasteiger partial charge in [0.15, 0.2) is 0 Å². The van der Waals surface area contributed by atoms with Gasteiger partial charge in [0, 0.05) is 0 Å². The van der Waals surface area contributed by atoms with E-state index in [9.17, 15) is 9.59 Å². The molecule has 84 valence electrons. The lowest BCUT2D eigenvalue weighted by Crippen LogP contribution is -2.28. The number of H-pyrrole nitrogens is 1. The van der Waals surface area contributed by atoms with Gasteiger partial charge in [-0.3, -0.25) is 14.3 Å². The molecule has 0 saturated carbocycles. The standard InChI is InChI=1S/C12H8N2O2S/c15-10-9-6-7-17-11(9)14(12(16)13-10)8-4-2-1-3-5-8/h1-7H,(H,13,15,16). The Labute approximate surface area is 99.8 Å². The first-order valence-electron chi connectivity index (χ1n) is 5.05. The second-order valence-electron chi connectivity index (χ2n) is 3.57. The zero-order chi connectivity index (χ0) is 11.8. The van der Waals surface area contributed by atoms with Gasteiger partial charge in [-0.15, -0.1) is 11.3 Å². The molecule has 0 radical (unpaired) electrons. The van der Waals surface area contributed by atoms with E-state index < -0.39 is 5.69 Å². The van der Waals surface area contributed by atoms with Crippen LogP contribution in [0.1, 0.15) is 0 Å². The van der Waals surface area contributed by atoms with Crippen molar-refractivity contribution in [3.8, 4) is 5.69 Å². The van der Waals surface area contributed by atoms with Crippen LogP contribution in [-0.4, -0.2) is 9.55 Å². The SMILES string of the molecule is O=c1[nH]c(=O)n(-c2ccccc2)c2sccc12. The average molecular weight is 244 g/mol. The number of nitrogens with one attached hydrogen (secondary N) is 1.